The predicted molar refractivity (Wildman–Crippen MR) is 87.1 cm³/mol. The summed E-state index contributed by atoms with van der Waals surface area (Å²) >= 11 is 9.67. The fourth-order valence-corrected chi connectivity index (χ4v) is 3.37. The molecule has 4 rings (SSSR count). The van der Waals surface area contributed by atoms with Crippen molar-refractivity contribution in [3.63, 3.8) is 0 Å². The number of halogens is 2. The van der Waals surface area contributed by atoms with Crippen LogP contribution >= 0.6 is 27.5 Å². The van der Waals surface area contributed by atoms with Crippen molar-refractivity contribution in [3.05, 3.63) is 75.2 Å². The van der Waals surface area contributed by atoms with Gasteiger partial charge in [-0.3, -0.25) is 4.57 Å². The van der Waals surface area contributed by atoms with Crippen LogP contribution in [0.4, 0.5) is 0 Å². The van der Waals surface area contributed by atoms with Crippen LogP contribution < -0.4 is 0 Å². The second kappa shape index (κ2) is 5.50. The van der Waals surface area contributed by atoms with Crippen LogP contribution in [0.1, 0.15) is 23.1 Å². The van der Waals surface area contributed by atoms with Gasteiger partial charge in [-0.2, -0.15) is 0 Å². The van der Waals surface area contributed by atoms with Crippen molar-refractivity contribution in [1.29, 1.82) is 0 Å². The van der Waals surface area contributed by atoms with Gasteiger partial charge in [0.15, 0.2) is 5.82 Å². The van der Waals surface area contributed by atoms with E-state index >= 15 is 0 Å². The Bertz CT molecular complexity index is 835. The van der Waals surface area contributed by atoms with Gasteiger partial charge in [0.2, 0.25) is 4.73 Å². The zero-order valence-corrected chi connectivity index (χ0v) is 13.8. The van der Waals surface area contributed by atoms with Crippen LogP contribution in [0.5, 0.6) is 0 Å². The minimum Gasteiger partial charge on any atom is -0.361 e. The maximum absolute atomic E-state index is 6.22. The first-order chi connectivity index (χ1) is 10.7. The minimum atomic E-state index is -0.191. The molecule has 2 aromatic carbocycles. The molecule has 4 nitrogen and oxygen atoms in total. The van der Waals surface area contributed by atoms with E-state index in [9.17, 15) is 0 Å². The first-order valence-electron chi connectivity index (χ1n) is 6.80. The van der Waals surface area contributed by atoms with Crippen molar-refractivity contribution in [2.45, 2.75) is 12.7 Å². The van der Waals surface area contributed by atoms with Crippen molar-refractivity contribution in [1.82, 2.24) is 14.8 Å². The van der Waals surface area contributed by atoms with E-state index in [1.54, 1.807) is 0 Å². The van der Waals surface area contributed by atoms with Crippen molar-refractivity contribution < 1.29 is 4.74 Å². The Morgan fingerprint density at radius 3 is 2.77 bits per heavy atom. The predicted octanol–water partition coefficient (Wildman–Crippen LogP) is 4.30. The van der Waals surface area contributed by atoms with E-state index in [4.69, 9.17) is 16.3 Å². The summed E-state index contributed by atoms with van der Waals surface area (Å²) in [5.74, 6) is 0.758. The van der Waals surface area contributed by atoms with Gasteiger partial charge in [-0.05, 0) is 39.7 Å². The molecule has 1 aliphatic heterocycles. The second-order valence-electron chi connectivity index (χ2n) is 5.03. The lowest BCUT2D eigenvalue weighted by molar-refractivity contribution is 0.0655. The Morgan fingerprint density at radius 2 is 1.95 bits per heavy atom. The number of aromatic nitrogens is 3. The molecule has 3 aromatic rings. The summed E-state index contributed by atoms with van der Waals surface area (Å²) in [6.45, 7) is 0.379. The van der Waals surface area contributed by atoms with Crippen LogP contribution in [-0.4, -0.2) is 14.8 Å². The first kappa shape index (κ1) is 13.9. The van der Waals surface area contributed by atoms with Gasteiger partial charge in [-0.25, -0.2) is 0 Å². The van der Waals surface area contributed by atoms with Crippen LogP contribution in [-0.2, 0) is 11.3 Å². The summed E-state index contributed by atoms with van der Waals surface area (Å²) in [7, 11) is 0. The molecule has 0 saturated heterocycles. The zero-order valence-electron chi connectivity index (χ0n) is 11.4. The molecule has 22 heavy (non-hydrogen) atoms. The van der Waals surface area contributed by atoms with Gasteiger partial charge in [-0.1, -0.05) is 41.9 Å². The average Bonchev–Trinajstić information content (AvgIpc) is 2.82. The highest BCUT2D eigenvalue weighted by Gasteiger charge is 2.26. The molecule has 0 saturated carbocycles. The average molecular weight is 377 g/mol. The molecule has 0 aliphatic carbocycles. The summed E-state index contributed by atoms with van der Waals surface area (Å²) < 4.78 is 8.72. The number of hydrogen-bond donors (Lipinski definition) is 0. The molecule has 1 atom stereocenters. The van der Waals surface area contributed by atoms with Gasteiger partial charge in [0, 0.05) is 10.6 Å². The maximum Gasteiger partial charge on any atom is 0.204 e. The fraction of sp³-hybridized carbons (Fsp3) is 0.125. The molecule has 0 N–H and O–H groups in total. The van der Waals surface area contributed by atoms with E-state index in [1.807, 2.05) is 41.0 Å². The summed E-state index contributed by atoms with van der Waals surface area (Å²) in [5.41, 5.74) is 3.06. The van der Waals surface area contributed by atoms with Crippen molar-refractivity contribution >= 4 is 27.5 Å². The van der Waals surface area contributed by atoms with Crippen LogP contribution in [0, 0.1) is 0 Å². The molecule has 1 aliphatic rings. The van der Waals surface area contributed by atoms with E-state index in [2.05, 4.69) is 38.3 Å². The first-order valence-corrected chi connectivity index (χ1v) is 7.97. The number of nitrogens with zero attached hydrogens (tertiary/aromatic N) is 3. The molecule has 0 spiro atoms. The van der Waals surface area contributed by atoms with E-state index < -0.39 is 0 Å². The molecule has 1 aromatic heterocycles. The number of hydrogen-bond acceptors (Lipinski definition) is 3. The van der Waals surface area contributed by atoms with Crippen LogP contribution in [0.3, 0.4) is 0 Å². The van der Waals surface area contributed by atoms with Gasteiger partial charge >= 0.3 is 0 Å². The van der Waals surface area contributed by atoms with Crippen LogP contribution in [0.15, 0.2) is 53.3 Å². The van der Waals surface area contributed by atoms with Crippen molar-refractivity contribution in [3.8, 4) is 5.69 Å². The molecule has 110 valence electrons. The lowest BCUT2D eigenvalue weighted by Crippen LogP contribution is -2.06. The van der Waals surface area contributed by atoms with Crippen molar-refractivity contribution in [2.24, 2.45) is 0 Å². The van der Waals surface area contributed by atoms with E-state index in [-0.39, 0.29) is 6.10 Å². The normalized spacial score (nSPS) is 16.7. The van der Waals surface area contributed by atoms with E-state index in [1.165, 1.54) is 0 Å². The quantitative estimate of drug-likeness (QED) is 0.635. The van der Waals surface area contributed by atoms with Gasteiger partial charge in [0.25, 0.3) is 0 Å². The molecule has 0 radical (unpaired) electrons. The van der Waals surface area contributed by atoms with Crippen LogP contribution in [0.2, 0.25) is 5.02 Å². The molecule has 0 fully saturated rings. The Balaban J connectivity index is 1.95. The molecule has 1 unspecified atom stereocenters. The monoisotopic (exact) mass is 375 g/mol. The third-order valence-electron chi connectivity index (χ3n) is 3.68. The standard InChI is InChI=1S/C16H11BrClN3O/c17-16-20-19-14-9-22-15(10-4-2-1-3-5-10)12-8-11(18)6-7-13(12)21(14)16/h1-8,15H,9H2. The molecule has 2 heterocycles. The van der Waals surface area contributed by atoms with Gasteiger partial charge in [-0.15, -0.1) is 10.2 Å². The Kier molecular flexibility index (Phi) is 3.48. The van der Waals surface area contributed by atoms with Crippen molar-refractivity contribution in [2.75, 3.05) is 0 Å². The number of ether oxygens (including phenoxy) is 1. The molecule has 0 amide bonds. The largest absolute Gasteiger partial charge is 0.361 e. The highest BCUT2D eigenvalue weighted by Crippen LogP contribution is 2.37. The number of rotatable bonds is 1. The number of benzene rings is 2. The second-order valence-corrected chi connectivity index (χ2v) is 6.17. The molecule has 0 bridgehead atoms. The Morgan fingerprint density at radius 1 is 1.14 bits per heavy atom. The SMILES string of the molecule is Clc1ccc2c(c1)C(c1ccccc1)OCc1nnc(Br)n1-2. The van der Waals surface area contributed by atoms with Gasteiger partial charge < -0.3 is 4.74 Å². The third kappa shape index (κ3) is 2.26. The van der Waals surface area contributed by atoms with E-state index in [0.29, 0.717) is 16.4 Å². The summed E-state index contributed by atoms with van der Waals surface area (Å²) in [6.07, 6.45) is -0.191. The van der Waals surface area contributed by atoms with Gasteiger partial charge in [0.1, 0.15) is 12.7 Å². The molecule has 6 heteroatoms. The Labute approximate surface area is 140 Å². The highest BCUT2D eigenvalue weighted by atomic mass is 79.9. The zero-order chi connectivity index (χ0) is 15.1. The summed E-state index contributed by atoms with van der Waals surface area (Å²) in [6, 6.07) is 15.9. The lowest BCUT2D eigenvalue weighted by Gasteiger charge is -2.18. The van der Waals surface area contributed by atoms with Crippen LogP contribution in [0.25, 0.3) is 5.69 Å². The van der Waals surface area contributed by atoms with Gasteiger partial charge in [0.05, 0.1) is 5.69 Å². The summed E-state index contributed by atoms with van der Waals surface area (Å²) in [4.78, 5) is 0. The number of fused-ring (bicyclic) bond motifs is 3. The highest BCUT2D eigenvalue weighted by molar-refractivity contribution is 9.10. The minimum absolute atomic E-state index is 0.191. The topological polar surface area (TPSA) is 39.9 Å². The smallest absolute Gasteiger partial charge is 0.204 e. The van der Waals surface area contributed by atoms with E-state index in [0.717, 1.165) is 22.6 Å². The molecular formula is C16H11BrClN3O. The maximum atomic E-state index is 6.22. The fourth-order valence-electron chi connectivity index (χ4n) is 2.72. The Hall–Kier alpha value is -1.69. The summed E-state index contributed by atoms with van der Waals surface area (Å²) in [5, 5.41) is 8.93. The third-order valence-corrected chi connectivity index (χ3v) is 4.43. The lowest BCUT2D eigenvalue weighted by atomic mass is 10.00. The molecular weight excluding hydrogens is 366 g/mol.